The van der Waals surface area contributed by atoms with Crippen LogP contribution in [0.2, 0.25) is 0 Å². The second-order valence-corrected chi connectivity index (χ2v) is 9.53. The number of aryl methyl sites for hydroxylation is 1. The molecule has 8 nitrogen and oxygen atoms in total. The predicted molar refractivity (Wildman–Crippen MR) is 129 cm³/mol. The molecule has 9 heteroatoms. The average Bonchev–Trinajstić information content (AvgIpc) is 2.82. The summed E-state index contributed by atoms with van der Waals surface area (Å²) in [4.78, 5) is 36.3. The zero-order valence-electron chi connectivity index (χ0n) is 18.9. The zero-order valence-corrected chi connectivity index (χ0v) is 19.8. The van der Waals surface area contributed by atoms with E-state index in [9.17, 15) is 22.8 Å². The highest BCUT2D eigenvalue weighted by atomic mass is 32.2. The number of sulfonamides is 1. The number of benzene rings is 3. The minimum absolute atomic E-state index is 0.0182. The maximum absolute atomic E-state index is 13.0. The Morgan fingerprint density at radius 1 is 0.941 bits per heavy atom. The molecule has 34 heavy (non-hydrogen) atoms. The Morgan fingerprint density at radius 2 is 1.62 bits per heavy atom. The van der Waals surface area contributed by atoms with Crippen LogP contribution in [-0.2, 0) is 19.6 Å². The summed E-state index contributed by atoms with van der Waals surface area (Å²) in [6.45, 7) is 2.67. The van der Waals surface area contributed by atoms with E-state index in [1.807, 2.05) is 6.92 Å². The summed E-state index contributed by atoms with van der Waals surface area (Å²) in [5, 5.41) is 2.53. The SMILES string of the molecule is CC(=O)c1ccccc1NC(=O)COC(=O)c1cccc(S(=O)(=O)N(C)c2ccc(C)cc2)c1. The molecule has 3 aromatic rings. The van der Waals surface area contributed by atoms with E-state index in [-0.39, 0.29) is 16.2 Å². The smallest absolute Gasteiger partial charge is 0.338 e. The first-order valence-electron chi connectivity index (χ1n) is 10.3. The number of rotatable bonds is 8. The van der Waals surface area contributed by atoms with Gasteiger partial charge in [0.15, 0.2) is 12.4 Å². The molecule has 0 aliphatic heterocycles. The zero-order chi connectivity index (χ0) is 24.9. The van der Waals surface area contributed by atoms with Gasteiger partial charge in [-0.25, -0.2) is 13.2 Å². The first kappa shape index (κ1) is 24.7. The number of nitrogens with zero attached hydrogens (tertiary/aromatic N) is 1. The van der Waals surface area contributed by atoms with Crippen molar-refractivity contribution in [3.05, 3.63) is 89.5 Å². The van der Waals surface area contributed by atoms with Crippen LogP contribution in [0, 0.1) is 6.92 Å². The van der Waals surface area contributed by atoms with E-state index in [2.05, 4.69) is 5.32 Å². The normalized spacial score (nSPS) is 10.9. The van der Waals surface area contributed by atoms with E-state index in [0.29, 0.717) is 16.9 Å². The van der Waals surface area contributed by atoms with Crippen molar-refractivity contribution in [1.29, 1.82) is 0 Å². The molecule has 0 bridgehead atoms. The Kier molecular flexibility index (Phi) is 7.47. The number of anilines is 2. The number of ether oxygens (including phenoxy) is 1. The third kappa shape index (κ3) is 5.68. The molecule has 0 aliphatic rings. The number of amides is 1. The van der Waals surface area contributed by atoms with Gasteiger partial charge >= 0.3 is 5.97 Å². The Balaban J connectivity index is 1.69. The second kappa shape index (κ2) is 10.3. The van der Waals surface area contributed by atoms with Gasteiger partial charge in [-0.15, -0.1) is 0 Å². The number of nitrogens with one attached hydrogen (secondary N) is 1. The fourth-order valence-corrected chi connectivity index (χ4v) is 4.38. The lowest BCUT2D eigenvalue weighted by atomic mass is 10.1. The van der Waals surface area contributed by atoms with Crippen molar-refractivity contribution in [2.45, 2.75) is 18.7 Å². The number of esters is 1. The molecule has 3 rings (SSSR count). The maximum Gasteiger partial charge on any atom is 0.338 e. The van der Waals surface area contributed by atoms with Crippen LogP contribution in [0.3, 0.4) is 0 Å². The van der Waals surface area contributed by atoms with Crippen LogP contribution in [-0.4, -0.2) is 39.7 Å². The standard InChI is InChI=1S/C25H24N2O6S/c1-17-11-13-20(14-12-17)27(3)34(31,32)21-8-6-7-19(15-21)25(30)33-16-24(29)26-23-10-5-4-9-22(23)18(2)28/h4-15H,16H2,1-3H3,(H,26,29). The molecule has 0 fully saturated rings. The van der Waals surface area contributed by atoms with Gasteiger partial charge in [-0.05, 0) is 56.3 Å². The van der Waals surface area contributed by atoms with Crippen molar-refractivity contribution < 1.29 is 27.5 Å². The average molecular weight is 481 g/mol. The van der Waals surface area contributed by atoms with Gasteiger partial charge < -0.3 is 10.1 Å². The van der Waals surface area contributed by atoms with Crippen molar-refractivity contribution in [3.8, 4) is 0 Å². The van der Waals surface area contributed by atoms with Crippen molar-refractivity contribution in [3.63, 3.8) is 0 Å². The molecular weight excluding hydrogens is 456 g/mol. The molecule has 0 saturated heterocycles. The molecule has 0 atom stereocenters. The quantitative estimate of drug-likeness (QED) is 0.388. The highest BCUT2D eigenvalue weighted by Crippen LogP contribution is 2.23. The number of Topliss-reactive ketones (excluding diaryl/α,β-unsaturated/α-hetero) is 1. The number of hydrogen-bond donors (Lipinski definition) is 1. The summed E-state index contributed by atoms with van der Waals surface area (Å²) in [6.07, 6.45) is 0. The summed E-state index contributed by atoms with van der Waals surface area (Å²) in [6, 6.07) is 18.8. The molecule has 0 unspecified atom stereocenters. The summed E-state index contributed by atoms with van der Waals surface area (Å²) in [7, 11) is -2.51. The van der Waals surface area contributed by atoms with Gasteiger partial charge in [-0.1, -0.05) is 35.9 Å². The molecule has 3 aromatic carbocycles. The topological polar surface area (TPSA) is 110 Å². The van der Waals surface area contributed by atoms with Gasteiger partial charge in [0.05, 0.1) is 21.8 Å². The van der Waals surface area contributed by atoms with Gasteiger partial charge in [0.1, 0.15) is 0 Å². The van der Waals surface area contributed by atoms with E-state index < -0.39 is 28.5 Å². The van der Waals surface area contributed by atoms with E-state index in [4.69, 9.17) is 4.74 Å². The Labute approximate surface area is 198 Å². The van der Waals surface area contributed by atoms with Gasteiger partial charge in [0.2, 0.25) is 0 Å². The van der Waals surface area contributed by atoms with Crippen LogP contribution in [0.4, 0.5) is 11.4 Å². The highest BCUT2D eigenvalue weighted by Gasteiger charge is 2.23. The minimum Gasteiger partial charge on any atom is -0.452 e. The van der Waals surface area contributed by atoms with Gasteiger partial charge in [-0.3, -0.25) is 13.9 Å². The van der Waals surface area contributed by atoms with Crippen molar-refractivity contribution in [1.82, 2.24) is 0 Å². The van der Waals surface area contributed by atoms with Crippen LogP contribution in [0.25, 0.3) is 0 Å². The van der Waals surface area contributed by atoms with Gasteiger partial charge in [0.25, 0.3) is 15.9 Å². The van der Waals surface area contributed by atoms with Crippen molar-refractivity contribution >= 4 is 39.1 Å². The summed E-state index contributed by atoms with van der Waals surface area (Å²) >= 11 is 0. The molecule has 0 aliphatic carbocycles. The minimum atomic E-state index is -3.93. The van der Waals surface area contributed by atoms with E-state index in [1.165, 1.54) is 38.2 Å². The highest BCUT2D eigenvalue weighted by molar-refractivity contribution is 7.92. The third-order valence-electron chi connectivity index (χ3n) is 5.04. The van der Waals surface area contributed by atoms with Crippen LogP contribution in [0.5, 0.6) is 0 Å². The number of para-hydroxylation sites is 1. The van der Waals surface area contributed by atoms with Gasteiger partial charge in [0, 0.05) is 12.6 Å². The van der Waals surface area contributed by atoms with Gasteiger partial charge in [-0.2, -0.15) is 0 Å². The number of ketones is 1. The largest absolute Gasteiger partial charge is 0.452 e. The molecule has 0 spiro atoms. The summed E-state index contributed by atoms with van der Waals surface area (Å²) in [5.74, 6) is -1.71. The first-order valence-corrected chi connectivity index (χ1v) is 11.8. The Morgan fingerprint density at radius 3 is 2.29 bits per heavy atom. The van der Waals surface area contributed by atoms with E-state index in [0.717, 1.165) is 9.87 Å². The Hall–Kier alpha value is -3.98. The molecule has 0 saturated carbocycles. The fourth-order valence-electron chi connectivity index (χ4n) is 3.13. The maximum atomic E-state index is 13.0. The number of hydrogen-bond acceptors (Lipinski definition) is 6. The first-order chi connectivity index (χ1) is 16.1. The Bertz CT molecular complexity index is 1330. The van der Waals surface area contributed by atoms with Crippen molar-refractivity contribution in [2.24, 2.45) is 0 Å². The summed E-state index contributed by atoms with van der Waals surface area (Å²) in [5.41, 5.74) is 2.09. The molecule has 0 heterocycles. The lowest BCUT2D eigenvalue weighted by molar-refractivity contribution is -0.119. The lowest BCUT2D eigenvalue weighted by Crippen LogP contribution is -2.27. The number of carbonyl (C=O) groups is 3. The second-order valence-electron chi connectivity index (χ2n) is 7.56. The van der Waals surface area contributed by atoms with Crippen LogP contribution < -0.4 is 9.62 Å². The molecule has 1 amide bonds. The lowest BCUT2D eigenvalue weighted by Gasteiger charge is -2.20. The van der Waals surface area contributed by atoms with Crippen LogP contribution in [0.1, 0.15) is 33.2 Å². The molecule has 0 aromatic heterocycles. The summed E-state index contributed by atoms with van der Waals surface area (Å²) < 4.78 is 32.2. The molecule has 0 radical (unpaired) electrons. The predicted octanol–water partition coefficient (Wildman–Crippen LogP) is 3.82. The monoisotopic (exact) mass is 480 g/mol. The van der Waals surface area contributed by atoms with Crippen LogP contribution >= 0.6 is 0 Å². The molecular formula is C25H24N2O6S. The van der Waals surface area contributed by atoms with Crippen molar-refractivity contribution in [2.75, 3.05) is 23.3 Å². The van der Waals surface area contributed by atoms with E-state index >= 15 is 0 Å². The third-order valence-corrected chi connectivity index (χ3v) is 6.82. The fraction of sp³-hybridized carbons (Fsp3) is 0.160. The van der Waals surface area contributed by atoms with E-state index in [1.54, 1.807) is 48.5 Å². The molecule has 176 valence electrons. The number of carbonyl (C=O) groups excluding carboxylic acids is 3. The van der Waals surface area contributed by atoms with Crippen LogP contribution in [0.15, 0.2) is 77.7 Å². The molecule has 1 N–H and O–H groups in total.